The van der Waals surface area contributed by atoms with E-state index in [4.69, 9.17) is 10.2 Å². The molecule has 0 aliphatic heterocycles. The highest BCUT2D eigenvalue weighted by Crippen LogP contribution is 2.06. The van der Waals surface area contributed by atoms with Gasteiger partial charge in [-0.15, -0.1) is 0 Å². The molecule has 5 nitrogen and oxygen atoms in total. The monoisotopic (exact) mass is 239 g/mol. The number of carboxylic acid groups (broad SMARTS) is 1. The van der Waals surface area contributed by atoms with Gasteiger partial charge in [-0.1, -0.05) is 30.3 Å². The number of hydrogen-bond acceptors (Lipinski definition) is 3. The molecule has 5 heteroatoms. The fourth-order valence-corrected chi connectivity index (χ4v) is 1.44. The van der Waals surface area contributed by atoms with Gasteiger partial charge in [0.25, 0.3) is 0 Å². The van der Waals surface area contributed by atoms with E-state index in [1.54, 1.807) is 0 Å². The maximum Gasteiger partial charge on any atom is 0.407 e. The van der Waals surface area contributed by atoms with Crippen molar-refractivity contribution in [2.75, 3.05) is 13.2 Å². The lowest BCUT2D eigenvalue weighted by molar-refractivity contribution is 0.0745. The molecule has 0 saturated carbocycles. The Morgan fingerprint density at radius 1 is 1.29 bits per heavy atom. The van der Waals surface area contributed by atoms with E-state index in [-0.39, 0.29) is 26.1 Å². The highest BCUT2D eigenvalue weighted by atomic mass is 16.4. The number of benzene rings is 1. The van der Waals surface area contributed by atoms with Gasteiger partial charge in [-0.3, -0.25) is 0 Å². The standard InChI is InChI=1S/C12H17NO4/c14-9-11(15)6-7-13(12(16)17)8-10-4-2-1-3-5-10/h1-5,11,14-15H,6-9H2,(H,16,17)/t11-/m0/s1. The smallest absolute Gasteiger partial charge is 0.407 e. The minimum atomic E-state index is -1.03. The molecule has 0 bridgehead atoms. The predicted molar refractivity (Wildman–Crippen MR) is 62.6 cm³/mol. The number of carbonyl (C=O) groups is 1. The summed E-state index contributed by atoms with van der Waals surface area (Å²) in [6.45, 7) is 0.138. The summed E-state index contributed by atoms with van der Waals surface area (Å²) in [5.74, 6) is 0. The summed E-state index contributed by atoms with van der Waals surface area (Å²) in [5.41, 5.74) is 0.897. The van der Waals surface area contributed by atoms with Crippen LogP contribution in [0.25, 0.3) is 0 Å². The van der Waals surface area contributed by atoms with Crippen LogP contribution in [0.5, 0.6) is 0 Å². The van der Waals surface area contributed by atoms with Crippen LogP contribution in [-0.4, -0.2) is 45.6 Å². The van der Waals surface area contributed by atoms with Crippen LogP contribution >= 0.6 is 0 Å². The molecule has 1 aromatic carbocycles. The molecule has 0 aromatic heterocycles. The second-order valence-corrected chi connectivity index (χ2v) is 3.81. The minimum absolute atomic E-state index is 0.200. The summed E-state index contributed by atoms with van der Waals surface area (Å²) in [7, 11) is 0. The molecule has 0 heterocycles. The van der Waals surface area contributed by atoms with Crippen LogP contribution in [0.4, 0.5) is 4.79 Å². The van der Waals surface area contributed by atoms with Gasteiger partial charge in [0, 0.05) is 13.1 Å². The number of nitrogens with zero attached hydrogens (tertiary/aromatic N) is 1. The zero-order chi connectivity index (χ0) is 12.7. The molecule has 0 unspecified atom stereocenters. The molecule has 0 radical (unpaired) electrons. The van der Waals surface area contributed by atoms with Crippen molar-refractivity contribution in [2.24, 2.45) is 0 Å². The van der Waals surface area contributed by atoms with E-state index < -0.39 is 12.2 Å². The molecule has 0 aliphatic carbocycles. The Balaban J connectivity index is 2.52. The molecule has 0 spiro atoms. The second-order valence-electron chi connectivity index (χ2n) is 3.81. The lowest BCUT2D eigenvalue weighted by Crippen LogP contribution is -2.32. The number of aliphatic hydroxyl groups excluding tert-OH is 2. The summed E-state index contributed by atoms with van der Waals surface area (Å²) in [6, 6.07) is 9.25. The van der Waals surface area contributed by atoms with Crippen LogP contribution in [0.15, 0.2) is 30.3 Å². The predicted octanol–water partition coefficient (Wildman–Crippen LogP) is 0.910. The Hall–Kier alpha value is -1.59. The van der Waals surface area contributed by atoms with Gasteiger partial charge >= 0.3 is 6.09 Å². The molecule has 0 saturated heterocycles. The van der Waals surface area contributed by atoms with E-state index >= 15 is 0 Å². The first-order valence-electron chi connectivity index (χ1n) is 5.44. The third-order valence-electron chi connectivity index (χ3n) is 2.43. The molecule has 94 valence electrons. The van der Waals surface area contributed by atoms with E-state index in [0.29, 0.717) is 0 Å². The van der Waals surface area contributed by atoms with Crippen molar-refractivity contribution < 1.29 is 20.1 Å². The zero-order valence-corrected chi connectivity index (χ0v) is 9.49. The first-order chi connectivity index (χ1) is 8.13. The quantitative estimate of drug-likeness (QED) is 0.689. The van der Waals surface area contributed by atoms with Gasteiger partial charge in [0.1, 0.15) is 0 Å². The number of aliphatic hydroxyl groups is 2. The Morgan fingerprint density at radius 2 is 1.94 bits per heavy atom. The second kappa shape index (κ2) is 6.88. The fraction of sp³-hybridized carbons (Fsp3) is 0.417. The highest BCUT2D eigenvalue weighted by Gasteiger charge is 2.13. The molecule has 1 amide bonds. The summed E-state index contributed by atoms with van der Waals surface area (Å²) >= 11 is 0. The maximum atomic E-state index is 11.0. The first-order valence-corrected chi connectivity index (χ1v) is 5.44. The van der Waals surface area contributed by atoms with Gasteiger partial charge < -0.3 is 20.2 Å². The topological polar surface area (TPSA) is 81.0 Å². The van der Waals surface area contributed by atoms with Crippen molar-refractivity contribution in [1.29, 1.82) is 0 Å². The molecular formula is C12H17NO4. The number of amides is 1. The van der Waals surface area contributed by atoms with Gasteiger partial charge in [-0.25, -0.2) is 4.79 Å². The molecule has 17 heavy (non-hydrogen) atoms. The van der Waals surface area contributed by atoms with Crippen molar-refractivity contribution in [2.45, 2.75) is 19.1 Å². The zero-order valence-electron chi connectivity index (χ0n) is 9.49. The van der Waals surface area contributed by atoms with Crippen molar-refractivity contribution in [3.8, 4) is 0 Å². The van der Waals surface area contributed by atoms with Crippen LogP contribution in [0.2, 0.25) is 0 Å². The third-order valence-corrected chi connectivity index (χ3v) is 2.43. The lowest BCUT2D eigenvalue weighted by atomic mass is 10.2. The van der Waals surface area contributed by atoms with Crippen LogP contribution < -0.4 is 0 Å². The average Bonchev–Trinajstić information content (AvgIpc) is 2.34. The van der Waals surface area contributed by atoms with E-state index in [0.717, 1.165) is 5.56 Å². The van der Waals surface area contributed by atoms with Gasteiger partial charge in [0.2, 0.25) is 0 Å². The van der Waals surface area contributed by atoms with Crippen molar-refractivity contribution >= 4 is 6.09 Å². The normalized spacial score (nSPS) is 12.1. The molecule has 0 fully saturated rings. The van der Waals surface area contributed by atoms with E-state index in [1.165, 1.54) is 4.90 Å². The molecular weight excluding hydrogens is 222 g/mol. The Kier molecular flexibility index (Phi) is 5.45. The van der Waals surface area contributed by atoms with Crippen LogP contribution in [0.1, 0.15) is 12.0 Å². The van der Waals surface area contributed by atoms with Gasteiger partial charge in [-0.05, 0) is 12.0 Å². The van der Waals surface area contributed by atoms with E-state index in [1.807, 2.05) is 30.3 Å². The summed E-state index contributed by atoms with van der Waals surface area (Å²) < 4.78 is 0. The molecule has 1 aromatic rings. The largest absolute Gasteiger partial charge is 0.465 e. The van der Waals surface area contributed by atoms with Crippen molar-refractivity contribution in [3.63, 3.8) is 0 Å². The van der Waals surface area contributed by atoms with Gasteiger partial charge in [-0.2, -0.15) is 0 Å². The first kappa shape index (κ1) is 13.5. The third kappa shape index (κ3) is 4.84. The molecule has 3 N–H and O–H groups in total. The molecule has 0 aliphatic rings. The number of rotatable bonds is 6. The highest BCUT2D eigenvalue weighted by molar-refractivity contribution is 5.64. The SMILES string of the molecule is O=C(O)N(CC[C@H](O)CO)Cc1ccccc1. The average molecular weight is 239 g/mol. The lowest BCUT2D eigenvalue weighted by Gasteiger charge is -2.20. The van der Waals surface area contributed by atoms with Gasteiger partial charge in [0.15, 0.2) is 0 Å². The Morgan fingerprint density at radius 3 is 2.47 bits per heavy atom. The maximum absolute atomic E-state index is 11.0. The van der Waals surface area contributed by atoms with Crippen molar-refractivity contribution in [1.82, 2.24) is 4.90 Å². The minimum Gasteiger partial charge on any atom is -0.465 e. The van der Waals surface area contributed by atoms with Crippen LogP contribution in [-0.2, 0) is 6.54 Å². The Labute approximate surface area is 99.9 Å². The van der Waals surface area contributed by atoms with E-state index in [9.17, 15) is 9.90 Å². The summed E-state index contributed by atoms with van der Waals surface area (Å²) in [4.78, 5) is 12.2. The van der Waals surface area contributed by atoms with Crippen LogP contribution in [0.3, 0.4) is 0 Å². The van der Waals surface area contributed by atoms with Gasteiger partial charge in [0.05, 0.1) is 12.7 Å². The molecule has 1 atom stereocenters. The fourth-order valence-electron chi connectivity index (χ4n) is 1.44. The Bertz CT molecular complexity index is 342. The van der Waals surface area contributed by atoms with Crippen molar-refractivity contribution in [3.05, 3.63) is 35.9 Å². The van der Waals surface area contributed by atoms with E-state index in [2.05, 4.69) is 0 Å². The van der Waals surface area contributed by atoms with Crippen LogP contribution in [0, 0.1) is 0 Å². The summed E-state index contributed by atoms with van der Waals surface area (Å²) in [6.07, 6.45) is -1.66. The number of hydrogen-bond donors (Lipinski definition) is 3. The molecule has 1 rings (SSSR count). The summed E-state index contributed by atoms with van der Waals surface area (Å²) in [5, 5.41) is 26.8.